The summed E-state index contributed by atoms with van der Waals surface area (Å²) < 4.78 is 5.19. The highest BCUT2D eigenvalue weighted by Gasteiger charge is 2.29. The Kier molecular flexibility index (Phi) is 7.42. The third kappa shape index (κ3) is 5.37. The molecule has 132 valence electrons. The topological polar surface area (TPSA) is 84.5 Å². The van der Waals surface area contributed by atoms with Crippen LogP contribution in [0.3, 0.4) is 0 Å². The van der Waals surface area contributed by atoms with Crippen molar-refractivity contribution in [2.75, 3.05) is 6.54 Å². The van der Waals surface area contributed by atoms with Crippen LogP contribution in [0.15, 0.2) is 24.3 Å². The molecule has 0 aromatic heterocycles. The van der Waals surface area contributed by atoms with Crippen molar-refractivity contribution < 1.29 is 19.1 Å². The number of hydrogen-bond acceptors (Lipinski definition) is 4. The number of benzene rings is 1. The number of carbonyl (C=O) groups excluding carboxylic acids is 3. The number of nitrogens with one attached hydrogen (secondary N) is 2. The Hall–Kier alpha value is -2.37. The molecule has 1 aromatic carbocycles. The van der Waals surface area contributed by atoms with Gasteiger partial charge in [-0.2, -0.15) is 0 Å². The lowest BCUT2D eigenvalue weighted by atomic mass is 10.0. The van der Waals surface area contributed by atoms with Crippen LogP contribution in [0.4, 0.5) is 0 Å². The zero-order chi connectivity index (χ0) is 18.3. The van der Waals surface area contributed by atoms with E-state index in [1.54, 1.807) is 32.9 Å². The van der Waals surface area contributed by atoms with E-state index in [0.29, 0.717) is 12.1 Å². The molecule has 0 aliphatic carbocycles. The summed E-state index contributed by atoms with van der Waals surface area (Å²) in [5.74, 6) is -1.49. The first-order valence-corrected chi connectivity index (χ1v) is 8.12. The van der Waals surface area contributed by atoms with Crippen molar-refractivity contribution in [2.24, 2.45) is 5.92 Å². The summed E-state index contributed by atoms with van der Waals surface area (Å²) in [5.41, 5.74) is 1.33. The SMILES string of the molecule is CCNC(=O)[C@H](C)OC(=O)[C@@H](NC(=O)c1ccccc1C)C(C)C. The van der Waals surface area contributed by atoms with Crippen LogP contribution in [-0.4, -0.2) is 36.5 Å². The van der Waals surface area contributed by atoms with E-state index in [1.165, 1.54) is 6.92 Å². The van der Waals surface area contributed by atoms with Crippen molar-refractivity contribution in [3.63, 3.8) is 0 Å². The maximum absolute atomic E-state index is 12.4. The first-order valence-electron chi connectivity index (χ1n) is 8.12. The van der Waals surface area contributed by atoms with Gasteiger partial charge >= 0.3 is 5.97 Å². The molecule has 0 saturated carbocycles. The van der Waals surface area contributed by atoms with E-state index >= 15 is 0 Å². The minimum absolute atomic E-state index is 0.174. The van der Waals surface area contributed by atoms with Crippen molar-refractivity contribution >= 4 is 17.8 Å². The summed E-state index contributed by atoms with van der Waals surface area (Å²) >= 11 is 0. The first kappa shape index (κ1) is 19.7. The van der Waals surface area contributed by atoms with Crippen LogP contribution >= 0.6 is 0 Å². The molecule has 0 bridgehead atoms. The maximum atomic E-state index is 12.4. The van der Waals surface area contributed by atoms with Crippen molar-refractivity contribution in [3.8, 4) is 0 Å². The standard InChI is InChI=1S/C18H26N2O4/c1-6-19-16(21)13(5)24-18(23)15(11(2)3)20-17(22)14-10-8-7-9-12(14)4/h7-11,13,15H,6H2,1-5H3,(H,19,21)(H,20,22)/t13-,15-/m0/s1. The molecule has 2 amide bonds. The summed E-state index contributed by atoms with van der Waals surface area (Å²) in [6, 6.07) is 6.31. The fourth-order valence-corrected chi connectivity index (χ4v) is 2.16. The molecule has 0 fully saturated rings. The molecule has 1 rings (SSSR count). The lowest BCUT2D eigenvalue weighted by molar-refractivity contribution is -0.157. The number of likely N-dealkylation sites (N-methyl/N-ethyl adjacent to an activating group) is 1. The summed E-state index contributed by atoms with van der Waals surface area (Å²) in [6.07, 6.45) is -0.908. The molecular weight excluding hydrogens is 308 g/mol. The normalized spacial score (nSPS) is 13.1. The molecule has 0 aliphatic heterocycles. The van der Waals surface area contributed by atoms with Crippen LogP contribution in [-0.2, 0) is 14.3 Å². The number of carbonyl (C=O) groups is 3. The zero-order valence-electron chi connectivity index (χ0n) is 14.9. The fourth-order valence-electron chi connectivity index (χ4n) is 2.16. The van der Waals surface area contributed by atoms with Gasteiger partial charge in [-0.05, 0) is 38.3 Å². The van der Waals surface area contributed by atoms with E-state index in [0.717, 1.165) is 5.56 Å². The largest absolute Gasteiger partial charge is 0.451 e. The predicted octanol–water partition coefficient (Wildman–Crippen LogP) is 1.82. The monoisotopic (exact) mass is 334 g/mol. The Morgan fingerprint density at radius 3 is 2.29 bits per heavy atom. The predicted molar refractivity (Wildman–Crippen MR) is 91.5 cm³/mol. The average molecular weight is 334 g/mol. The van der Waals surface area contributed by atoms with Gasteiger partial charge in [-0.3, -0.25) is 9.59 Å². The zero-order valence-corrected chi connectivity index (χ0v) is 14.9. The van der Waals surface area contributed by atoms with E-state index in [2.05, 4.69) is 10.6 Å². The maximum Gasteiger partial charge on any atom is 0.329 e. The Bertz CT molecular complexity index is 598. The Morgan fingerprint density at radius 2 is 1.75 bits per heavy atom. The molecule has 2 atom stereocenters. The van der Waals surface area contributed by atoms with E-state index in [4.69, 9.17) is 4.74 Å². The van der Waals surface area contributed by atoms with Gasteiger partial charge in [-0.1, -0.05) is 32.0 Å². The Morgan fingerprint density at radius 1 is 1.12 bits per heavy atom. The van der Waals surface area contributed by atoms with Crippen molar-refractivity contribution in [2.45, 2.75) is 46.8 Å². The van der Waals surface area contributed by atoms with E-state index in [9.17, 15) is 14.4 Å². The molecule has 6 heteroatoms. The summed E-state index contributed by atoms with van der Waals surface area (Å²) in [5, 5.41) is 5.29. The molecule has 0 aliphatic rings. The van der Waals surface area contributed by atoms with Crippen molar-refractivity contribution in [3.05, 3.63) is 35.4 Å². The smallest absolute Gasteiger partial charge is 0.329 e. The van der Waals surface area contributed by atoms with Crippen molar-refractivity contribution in [1.82, 2.24) is 10.6 Å². The second-order valence-corrected chi connectivity index (χ2v) is 5.98. The quantitative estimate of drug-likeness (QED) is 0.745. The van der Waals surface area contributed by atoms with Gasteiger partial charge in [0.1, 0.15) is 6.04 Å². The lowest BCUT2D eigenvalue weighted by Crippen LogP contribution is -2.47. The molecule has 0 saturated heterocycles. The van der Waals surface area contributed by atoms with Crippen LogP contribution < -0.4 is 10.6 Å². The fraction of sp³-hybridized carbons (Fsp3) is 0.500. The van der Waals surface area contributed by atoms with Crippen LogP contribution in [0, 0.1) is 12.8 Å². The van der Waals surface area contributed by atoms with Gasteiger partial charge in [-0.25, -0.2) is 4.79 Å². The molecule has 0 radical (unpaired) electrons. The van der Waals surface area contributed by atoms with E-state index in [-0.39, 0.29) is 17.7 Å². The number of aryl methyl sites for hydroxylation is 1. The summed E-state index contributed by atoms with van der Waals surface area (Å²) in [4.78, 5) is 36.4. The Labute approximate surface area is 143 Å². The number of amides is 2. The van der Waals surface area contributed by atoms with Gasteiger partial charge in [0.2, 0.25) is 0 Å². The molecule has 0 unspecified atom stereocenters. The van der Waals surface area contributed by atoms with Gasteiger partial charge in [0.05, 0.1) is 0 Å². The van der Waals surface area contributed by atoms with Gasteiger partial charge < -0.3 is 15.4 Å². The minimum Gasteiger partial charge on any atom is -0.451 e. The van der Waals surface area contributed by atoms with E-state index in [1.807, 2.05) is 19.1 Å². The van der Waals surface area contributed by atoms with E-state index < -0.39 is 18.1 Å². The molecule has 6 nitrogen and oxygen atoms in total. The second kappa shape index (κ2) is 9.05. The van der Waals surface area contributed by atoms with Crippen LogP contribution in [0.5, 0.6) is 0 Å². The highest BCUT2D eigenvalue weighted by atomic mass is 16.5. The lowest BCUT2D eigenvalue weighted by Gasteiger charge is -2.23. The highest BCUT2D eigenvalue weighted by Crippen LogP contribution is 2.11. The number of rotatable bonds is 7. The van der Waals surface area contributed by atoms with Gasteiger partial charge in [0, 0.05) is 12.1 Å². The average Bonchev–Trinajstić information content (AvgIpc) is 2.52. The van der Waals surface area contributed by atoms with Gasteiger partial charge in [-0.15, -0.1) is 0 Å². The van der Waals surface area contributed by atoms with Crippen LogP contribution in [0.25, 0.3) is 0 Å². The van der Waals surface area contributed by atoms with Crippen molar-refractivity contribution in [1.29, 1.82) is 0 Å². The molecule has 0 heterocycles. The number of hydrogen-bond donors (Lipinski definition) is 2. The third-order valence-electron chi connectivity index (χ3n) is 3.61. The molecule has 1 aromatic rings. The first-order chi connectivity index (χ1) is 11.3. The molecular formula is C18H26N2O4. The summed E-state index contributed by atoms with van der Waals surface area (Å²) in [6.45, 7) is 9.18. The second-order valence-electron chi connectivity index (χ2n) is 5.98. The van der Waals surface area contributed by atoms with Crippen LogP contribution in [0.2, 0.25) is 0 Å². The third-order valence-corrected chi connectivity index (χ3v) is 3.61. The summed E-state index contributed by atoms with van der Waals surface area (Å²) in [7, 11) is 0. The van der Waals surface area contributed by atoms with Gasteiger partial charge in [0.15, 0.2) is 6.10 Å². The van der Waals surface area contributed by atoms with Crippen LogP contribution in [0.1, 0.15) is 43.6 Å². The number of esters is 1. The Balaban J connectivity index is 2.80. The number of ether oxygens (including phenoxy) is 1. The molecule has 0 spiro atoms. The van der Waals surface area contributed by atoms with Gasteiger partial charge in [0.25, 0.3) is 11.8 Å². The molecule has 2 N–H and O–H groups in total. The minimum atomic E-state index is -0.908. The molecule has 24 heavy (non-hydrogen) atoms. The highest BCUT2D eigenvalue weighted by molar-refractivity contribution is 5.98.